The second-order valence-electron chi connectivity index (χ2n) is 6.22. The molecule has 0 spiro atoms. The zero-order valence-electron chi connectivity index (χ0n) is 13.2. The van der Waals surface area contributed by atoms with Crippen LogP contribution in [0.5, 0.6) is 0 Å². The predicted octanol–water partition coefficient (Wildman–Crippen LogP) is 3.17. The van der Waals surface area contributed by atoms with Crippen LogP contribution in [-0.4, -0.2) is 24.1 Å². The van der Waals surface area contributed by atoms with Gasteiger partial charge in [-0.3, -0.25) is 9.59 Å². The Hall–Kier alpha value is -1.58. The minimum absolute atomic E-state index is 0.113. The van der Waals surface area contributed by atoms with E-state index in [1.54, 1.807) is 0 Å². The van der Waals surface area contributed by atoms with Crippen molar-refractivity contribution in [1.29, 1.82) is 0 Å². The number of rotatable bonds is 1. The van der Waals surface area contributed by atoms with Gasteiger partial charge in [-0.2, -0.15) is 0 Å². The molecule has 1 saturated heterocycles. The largest absolute Gasteiger partial charge is 0.462 e. The molecule has 116 valence electrons. The molecule has 0 aromatic rings. The second kappa shape index (κ2) is 6.46. The van der Waals surface area contributed by atoms with Crippen LogP contribution in [0.3, 0.4) is 0 Å². The lowest BCUT2D eigenvalue weighted by atomic mass is 9.82. The summed E-state index contributed by atoms with van der Waals surface area (Å²) in [7, 11) is 0. The minimum Gasteiger partial charge on any atom is -0.462 e. The Morgan fingerprint density at radius 2 is 2.05 bits per heavy atom. The van der Waals surface area contributed by atoms with Crippen LogP contribution in [0.25, 0.3) is 0 Å². The van der Waals surface area contributed by atoms with Gasteiger partial charge in [0.2, 0.25) is 0 Å². The molecule has 0 bridgehead atoms. The van der Waals surface area contributed by atoms with Crippen LogP contribution in [0.2, 0.25) is 0 Å². The summed E-state index contributed by atoms with van der Waals surface area (Å²) in [4.78, 5) is 23.4. The lowest BCUT2D eigenvalue weighted by molar-refractivity contribution is -0.150. The zero-order chi connectivity index (χ0) is 15.6. The number of carbonyl (C=O) groups is 2. The van der Waals surface area contributed by atoms with Crippen molar-refractivity contribution < 1.29 is 19.1 Å². The zero-order valence-corrected chi connectivity index (χ0v) is 13.2. The molecule has 4 heteroatoms. The Labute approximate surface area is 126 Å². The SMILES string of the molecule is CC(=O)OC1CC(C)=CCCC(C)=CC2OC(=O)C(C)C21. The molecule has 1 aliphatic carbocycles. The van der Waals surface area contributed by atoms with Crippen molar-refractivity contribution in [2.45, 2.75) is 59.2 Å². The number of allylic oxidation sites excluding steroid dienone is 2. The highest BCUT2D eigenvalue weighted by Crippen LogP contribution is 2.37. The molecular formula is C17H24O4. The van der Waals surface area contributed by atoms with Crippen molar-refractivity contribution in [3.63, 3.8) is 0 Å². The molecular weight excluding hydrogens is 268 g/mol. The molecule has 4 unspecified atom stereocenters. The molecule has 0 amide bonds. The number of fused-ring (bicyclic) bond motifs is 1. The number of carbonyl (C=O) groups excluding carboxylic acids is 2. The average molecular weight is 292 g/mol. The summed E-state index contributed by atoms with van der Waals surface area (Å²) in [6.45, 7) is 7.38. The van der Waals surface area contributed by atoms with Gasteiger partial charge in [0.05, 0.1) is 11.8 Å². The number of hydrogen-bond acceptors (Lipinski definition) is 4. The highest BCUT2D eigenvalue weighted by atomic mass is 16.6. The van der Waals surface area contributed by atoms with E-state index in [0.29, 0.717) is 6.42 Å². The Kier molecular flexibility index (Phi) is 4.86. The normalized spacial score (nSPS) is 33.4. The van der Waals surface area contributed by atoms with Crippen LogP contribution in [0.15, 0.2) is 23.3 Å². The molecule has 1 heterocycles. The summed E-state index contributed by atoms with van der Waals surface area (Å²) >= 11 is 0. The van der Waals surface area contributed by atoms with Crippen LogP contribution >= 0.6 is 0 Å². The van der Waals surface area contributed by atoms with Crippen LogP contribution in [0.1, 0.15) is 47.0 Å². The van der Waals surface area contributed by atoms with Gasteiger partial charge in [-0.05, 0) is 32.8 Å². The first-order valence-corrected chi connectivity index (χ1v) is 7.59. The van der Waals surface area contributed by atoms with Gasteiger partial charge in [-0.1, -0.05) is 24.1 Å². The third kappa shape index (κ3) is 3.74. The summed E-state index contributed by atoms with van der Waals surface area (Å²) in [5.74, 6) is -0.878. The van der Waals surface area contributed by atoms with Gasteiger partial charge in [0.1, 0.15) is 12.2 Å². The fourth-order valence-electron chi connectivity index (χ4n) is 3.22. The summed E-state index contributed by atoms with van der Waals surface area (Å²) in [6, 6.07) is 0. The smallest absolute Gasteiger partial charge is 0.309 e. The molecule has 21 heavy (non-hydrogen) atoms. The van der Waals surface area contributed by atoms with Gasteiger partial charge in [0.15, 0.2) is 0 Å². The van der Waals surface area contributed by atoms with E-state index in [-0.39, 0.29) is 36.0 Å². The number of ether oxygens (including phenoxy) is 2. The van der Waals surface area contributed by atoms with Crippen molar-refractivity contribution >= 4 is 11.9 Å². The van der Waals surface area contributed by atoms with Crippen molar-refractivity contribution in [2.75, 3.05) is 0 Å². The Balaban J connectivity index is 2.36. The average Bonchev–Trinajstić information content (AvgIpc) is 2.62. The fraction of sp³-hybridized carbons (Fsp3) is 0.647. The Morgan fingerprint density at radius 1 is 1.33 bits per heavy atom. The van der Waals surface area contributed by atoms with Gasteiger partial charge < -0.3 is 9.47 Å². The van der Waals surface area contributed by atoms with Crippen LogP contribution in [-0.2, 0) is 19.1 Å². The number of esters is 2. The van der Waals surface area contributed by atoms with Gasteiger partial charge in [0, 0.05) is 13.3 Å². The molecule has 1 fully saturated rings. The Morgan fingerprint density at radius 3 is 2.71 bits per heavy atom. The van der Waals surface area contributed by atoms with Crippen molar-refractivity contribution in [3.05, 3.63) is 23.3 Å². The van der Waals surface area contributed by atoms with E-state index in [9.17, 15) is 9.59 Å². The maximum absolute atomic E-state index is 11.9. The topological polar surface area (TPSA) is 52.6 Å². The molecule has 4 atom stereocenters. The first kappa shape index (κ1) is 15.8. The van der Waals surface area contributed by atoms with Gasteiger partial charge in [-0.15, -0.1) is 0 Å². The Bertz CT molecular complexity index is 489. The third-order valence-corrected chi connectivity index (χ3v) is 4.33. The monoisotopic (exact) mass is 292 g/mol. The standard InChI is InChI=1S/C17H24O4/c1-10-6-5-7-11(2)9-15-16(12(3)17(19)21-15)14(8-10)20-13(4)18/h6,9,12,14-16H,5,7-8H2,1-4H3. The molecule has 0 N–H and O–H groups in total. The lowest BCUT2D eigenvalue weighted by Crippen LogP contribution is -2.35. The van der Waals surface area contributed by atoms with E-state index >= 15 is 0 Å². The minimum atomic E-state index is -0.313. The van der Waals surface area contributed by atoms with Gasteiger partial charge in [-0.25, -0.2) is 0 Å². The maximum Gasteiger partial charge on any atom is 0.309 e. The van der Waals surface area contributed by atoms with E-state index in [2.05, 4.69) is 19.9 Å². The molecule has 2 aliphatic rings. The van der Waals surface area contributed by atoms with E-state index < -0.39 is 0 Å². The van der Waals surface area contributed by atoms with Crippen molar-refractivity contribution in [3.8, 4) is 0 Å². The van der Waals surface area contributed by atoms with E-state index in [4.69, 9.17) is 9.47 Å². The molecule has 2 rings (SSSR count). The van der Waals surface area contributed by atoms with Gasteiger partial charge in [0.25, 0.3) is 0 Å². The highest BCUT2D eigenvalue weighted by molar-refractivity contribution is 5.75. The molecule has 1 aliphatic heterocycles. The van der Waals surface area contributed by atoms with Crippen LogP contribution in [0, 0.1) is 11.8 Å². The predicted molar refractivity (Wildman–Crippen MR) is 79.5 cm³/mol. The van der Waals surface area contributed by atoms with E-state index in [0.717, 1.165) is 12.8 Å². The summed E-state index contributed by atoms with van der Waals surface area (Å²) < 4.78 is 11.0. The molecule has 0 saturated carbocycles. The van der Waals surface area contributed by atoms with Crippen LogP contribution < -0.4 is 0 Å². The molecule has 0 aromatic carbocycles. The molecule has 0 aromatic heterocycles. The number of hydrogen-bond donors (Lipinski definition) is 0. The van der Waals surface area contributed by atoms with Gasteiger partial charge >= 0.3 is 11.9 Å². The maximum atomic E-state index is 11.9. The highest BCUT2D eigenvalue weighted by Gasteiger charge is 2.46. The fourth-order valence-corrected chi connectivity index (χ4v) is 3.22. The third-order valence-electron chi connectivity index (χ3n) is 4.33. The first-order valence-electron chi connectivity index (χ1n) is 7.59. The first-order chi connectivity index (χ1) is 9.88. The summed E-state index contributed by atoms with van der Waals surface area (Å²) in [6.07, 6.45) is 6.20. The quantitative estimate of drug-likeness (QED) is 0.550. The van der Waals surface area contributed by atoms with E-state index in [1.807, 2.05) is 13.0 Å². The molecule has 0 radical (unpaired) electrons. The lowest BCUT2D eigenvalue weighted by Gasteiger charge is -2.28. The van der Waals surface area contributed by atoms with E-state index in [1.165, 1.54) is 18.1 Å². The van der Waals surface area contributed by atoms with Crippen molar-refractivity contribution in [1.82, 2.24) is 0 Å². The summed E-state index contributed by atoms with van der Waals surface area (Å²) in [5.41, 5.74) is 2.40. The van der Waals surface area contributed by atoms with Crippen LogP contribution in [0.4, 0.5) is 0 Å². The second-order valence-corrected chi connectivity index (χ2v) is 6.22. The van der Waals surface area contributed by atoms with Crippen molar-refractivity contribution in [2.24, 2.45) is 11.8 Å². The molecule has 4 nitrogen and oxygen atoms in total. The summed E-state index contributed by atoms with van der Waals surface area (Å²) in [5, 5.41) is 0.